The van der Waals surface area contributed by atoms with Crippen LogP contribution in [0.5, 0.6) is 0 Å². The molecule has 2 saturated heterocycles. The predicted molar refractivity (Wildman–Crippen MR) is 97.3 cm³/mol. The molecular weight excluding hydrogens is 316 g/mol. The van der Waals surface area contributed by atoms with E-state index < -0.39 is 5.60 Å². The average Bonchev–Trinajstić information content (AvgIpc) is 2.60. The van der Waals surface area contributed by atoms with Crippen molar-refractivity contribution >= 4 is 5.91 Å². The van der Waals surface area contributed by atoms with E-state index in [4.69, 9.17) is 4.74 Å². The highest BCUT2D eigenvalue weighted by atomic mass is 16.5. The van der Waals surface area contributed by atoms with Crippen molar-refractivity contribution in [2.75, 3.05) is 33.4 Å². The first-order valence-electron chi connectivity index (χ1n) is 9.33. The van der Waals surface area contributed by atoms with Gasteiger partial charge in [-0.3, -0.25) is 9.69 Å². The fraction of sp³-hybridized carbons (Fsp3) is 0.650. The van der Waals surface area contributed by atoms with Crippen LogP contribution in [0.4, 0.5) is 0 Å². The first-order chi connectivity index (χ1) is 12.0. The number of amides is 1. The van der Waals surface area contributed by atoms with E-state index in [1.807, 2.05) is 24.1 Å². The van der Waals surface area contributed by atoms with Crippen molar-refractivity contribution in [3.05, 3.63) is 35.4 Å². The summed E-state index contributed by atoms with van der Waals surface area (Å²) in [7, 11) is 2.01. The van der Waals surface area contributed by atoms with Crippen molar-refractivity contribution in [3.63, 3.8) is 0 Å². The highest BCUT2D eigenvalue weighted by Gasteiger charge is 2.43. The maximum atomic E-state index is 13.0. The molecule has 1 atom stereocenters. The Morgan fingerprint density at radius 3 is 2.84 bits per heavy atom. The lowest BCUT2D eigenvalue weighted by Crippen LogP contribution is -2.59. The summed E-state index contributed by atoms with van der Waals surface area (Å²) in [4.78, 5) is 16.9. The summed E-state index contributed by atoms with van der Waals surface area (Å²) < 4.78 is 5.41. The van der Waals surface area contributed by atoms with Crippen molar-refractivity contribution in [1.29, 1.82) is 0 Å². The molecular formula is C20H30N2O3. The number of benzene rings is 1. The molecule has 1 aromatic carbocycles. The van der Waals surface area contributed by atoms with Crippen molar-refractivity contribution in [3.8, 4) is 0 Å². The van der Waals surface area contributed by atoms with E-state index in [1.165, 1.54) is 5.56 Å². The van der Waals surface area contributed by atoms with Crippen LogP contribution in [0.25, 0.3) is 0 Å². The first kappa shape index (κ1) is 18.4. The van der Waals surface area contributed by atoms with E-state index >= 15 is 0 Å². The second-order valence-corrected chi connectivity index (χ2v) is 7.61. The molecule has 1 amide bonds. The third-order valence-electron chi connectivity index (χ3n) is 5.48. The predicted octanol–water partition coefficient (Wildman–Crippen LogP) is 1.96. The normalized spacial score (nSPS) is 25.6. The largest absolute Gasteiger partial charge is 0.381 e. The number of hydrogen-bond acceptors (Lipinski definition) is 4. The Balaban J connectivity index is 1.65. The van der Waals surface area contributed by atoms with Crippen LogP contribution in [0.15, 0.2) is 24.3 Å². The van der Waals surface area contributed by atoms with Gasteiger partial charge in [-0.25, -0.2) is 0 Å². The van der Waals surface area contributed by atoms with Gasteiger partial charge in [-0.15, -0.1) is 0 Å². The molecule has 1 unspecified atom stereocenters. The third kappa shape index (κ3) is 4.40. The van der Waals surface area contributed by atoms with Gasteiger partial charge in [0.25, 0.3) is 5.91 Å². The molecule has 0 spiro atoms. The van der Waals surface area contributed by atoms with Gasteiger partial charge in [0.1, 0.15) is 0 Å². The van der Waals surface area contributed by atoms with Crippen LogP contribution < -0.4 is 0 Å². The molecule has 5 nitrogen and oxygen atoms in total. The van der Waals surface area contributed by atoms with Crippen LogP contribution in [-0.4, -0.2) is 65.8 Å². The minimum absolute atomic E-state index is 0.126. The molecule has 2 fully saturated rings. The maximum absolute atomic E-state index is 13.0. The third-order valence-corrected chi connectivity index (χ3v) is 5.48. The Morgan fingerprint density at radius 2 is 2.12 bits per heavy atom. The molecule has 0 saturated carbocycles. The molecule has 0 radical (unpaired) electrons. The Kier molecular flexibility index (Phi) is 5.77. The van der Waals surface area contributed by atoms with Crippen molar-refractivity contribution in [1.82, 2.24) is 9.80 Å². The number of aryl methyl sites for hydroxylation is 1. The van der Waals surface area contributed by atoms with Crippen LogP contribution in [0, 0.1) is 6.92 Å². The molecule has 1 N–H and O–H groups in total. The van der Waals surface area contributed by atoms with Crippen molar-refractivity contribution in [2.45, 2.75) is 50.8 Å². The Labute approximate surface area is 150 Å². The maximum Gasteiger partial charge on any atom is 0.256 e. The molecule has 5 heteroatoms. The molecule has 0 aliphatic carbocycles. The number of likely N-dealkylation sites (N-methyl/N-ethyl adjacent to an activating group) is 1. The minimum atomic E-state index is -1.27. The highest BCUT2D eigenvalue weighted by molar-refractivity contribution is 5.86. The lowest BCUT2D eigenvalue weighted by atomic mass is 9.90. The van der Waals surface area contributed by atoms with Gasteiger partial charge in [0.05, 0.1) is 0 Å². The number of hydrogen-bond donors (Lipinski definition) is 1. The molecule has 0 bridgehead atoms. The van der Waals surface area contributed by atoms with E-state index in [2.05, 4.69) is 24.0 Å². The number of aliphatic hydroxyl groups is 1. The highest BCUT2D eigenvalue weighted by Crippen LogP contribution is 2.27. The minimum Gasteiger partial charge on any atom is -0.381 e. The Hall–Kier alpha value is -1.43. The summed E-state index contributed by atoms with van der Waals surface area (Å²) in [5.74, 6) is -0.126. The molecule has 1 aromatic rings. The lowest BCUT2D eigenvalue weighted by molar-refractivity contribution is -0.161. The number of nitrogens with zero attached hydrogens (tertiary/aromatic N) is 2. The van der Waals surface area contributed by atoms with Crippen LogP contribution in [0.1, 0.15) is 36.8 Å². The van der Waals surface area contributed by atoms with Gasteiger partial charge in [-0.1, -0.05) is 29.8 Å². The van der Waals surface area contributed by atoms with E-state index in [0.717, 1.165) is 44.6 Å². The molecule has 25 heavy (non-hydrogen) atoms. The number of rotatable bonds is 5. The van der Waals surface area contributed by atoms with Gasteiger partial charge >= 0.3 is 0 Å². The Bertz CT molecular complexity index is 600. The Morgan fingerprint density at radius 1 is 1.36 bits per heavy atom. The topological polar surface area (TPSA) is 53.0 Å². The summed E-state index contributed by atoms with van der Waals surface area (Å²) in [6, 6.07) is 8.61. The molecule has 2 aliphatic rings. The molecule has 2 heterocycles. The number of carbonyl (C=O) groups is 1. The van der Waals surface area contributed by atoms with Crippen LogP contribution in [0.2, 0.25) is 0 Å². The second-order valence-electron chi connectivity index (χ2n) is 7.61. The van der Waals surface area contributed by atoms with E-state index in [1.54, 1.807) is 0 Å². The van der Waals surface area contributed by atoms with Crippen molar-refractivity contribution < 1.29 is 14.6 Å². The fourth-order valence-electron chi connectivity index (χ4n) is 4.06. The van der Waals surface area contributed by atoms with Gasteiger partial charge < -0.3 is 14.7 Å². The number of ether oxygens (including phenoxy) is 1. The molecule has 0 aromatic heterocycles. The number of carbonyl (C=O) groups excluding carboxylic acids is 1. The second kappa shape index (κ2) is 7.85. The fourth-order valence-corrected chi connectivity index (χ4v) is 4.06. The van der Waals surface area contributed by atoms with E-state index in [-0.39, 0.29) is 5.91 Å². The number of likely N-dealkylation sites (tertiary alicyclic amines) is 1. The van der Waals surface area contributed by atoms with Gasteiger partial charge in [-0.05, 0) is 45.2 Å². The summed E-state index contributed by atoms with van der Waals surface area (Å²) in [6.07, 6.45) is 3.32. The lowest BCUT2D eigenvalue weighted by Gasteiger charge is -2.42. The van der Waals surface area contributed by atoms with Crippen LogP contribution in [0.3, 0.4) is 0 Å². The van der Waals surface area contributed by atoms with Gasteiger partial charge in [0.2, 0.25) is 0 Å². The first-order valence-corrected chi connectivity index (χ1v) is 9.33. The zero-order valence-corrected chi connectivity index (χ0v) is 15.4. The zero-order valence-electron chi connectivity index (χ0n) is 15.4. The summed E-state index contributed by atoms with van der Waals surface area (Å²) >= 11 is 0. The molecule has 138 valence electrons. The summed E-state index contributed by atoms with van der Waals surface area (Å²) in [5.41, 5.74) is 1.04. The van der Waals surface area contributed by atoms with Gasteiger partial charge in [0, 0.05) is 38.9 Å². The van der Waals surface area contributed by atoms with Gasteiger partial charge in [-0.2, -0.15) is 0 Å². The van der Waals surface area contributed by atoms with E-state index in [9.17, 15) is 9.90 Å². The number of piperidine rings is 1. The zero-order chi connectivity index (χ0) is 17.9. The smallest absolute Gasteiger partial charge is 0.256 e. The van der Waals surface area contributed by atoms with Crippen LogP contribution in [-0.2, 0) is 16.1 Å². The SMILES string of the molecule is Cc1cccc(CN2CCCC(O)(CN(C)C3CCOCC3)C2=O)c1. The average molecular weight is 346 g/mol. The van der Waals surface area contributed by atoms with Crippen molar-refractivity contribution in [2.24, 2.45) is 0 Å². The monoisotopic (exact) mass is 346 g/mol. The summed E-state index contributed by atoms with van der Waals surface area (Å²) in [6.45, 7) is 5.28. The molecule has 2 aliphatic heterocycles. The molecule has 3 rings (SSSR count). The van der Waals surface area contributed by atoms with E-state index in [0.29, 0.717) is 25.6 Å². The van der Waals surface area contributed by atoms with Crippen LogP contribution >= 0.6 is 0 Å². The summed E-state index contributed by atoms with van der Waals surface area (Å²) in [5, 5.41) is 11.1. The standard InChI is InChI=1S/C20H30N2O3/c1-16-5-3-6-17(13-16)14-22-10-4-9-20(24,19(22)23)15-21(2)18-7-11-25-12-8-18/h3,5-6,13,18,24H,4,7-12,14-15H2,1-2H3. The quantitative estimate of drug-likeness (QED) is 0.886. The van der Waals surface area contributed by atoms with Gasteiger partial charge in [0.15, 0.2) is 5.60 Å².